The Morgan fingerprint density at radius 3 is 1.88 bits per heavy atom. The summed E-state index contributed by atoms with van der Waals surface area (Å²) in [6, 6.07) is -4.87. The molecule has 33 heavy (non-hydrogen) atoms. The molecule has 0 aromatic rings. The number of rotatable bonds is 16. The number of carbonyl (C=O) groups is 5. The van der Waals surface area contributed by atoms with Crippen molar-refractivity contribution in [2.75, 3.05) is 6.54 Å². The summed E-state index contributed by atoms with van der Waals surface area (Å²) in [4.78, 5) is 60.1. The number of unbranched alkanes of at least 4 members (excludes halogenated alkanes) is 1. The van der Waals surface area contributed by atoms with Gasteiger partial charge in [0.05, 0.1) is 12.1 Å². The first-order valence-corrected chi connectivity index (χ1v) is 10.9. The van der Waals surface area contributed by atoms with Gasteiger partial charge in [-0.25, -0.2) is 4.79 Å². The van der Waals surface area contributed by atoms with Crippen LogP contribution in [0.1, 0.15) is 52.9 Å². The summed E-state index contributed by atoms with van der Waals surface area (Å²) in [5.74, 6) is -4.66. The third-order valence-corrected chi connectivity index (χ3v) is 4.91. The summed E-state index contributed by atoms with van der Waals surface area (Å²) >= 11 is 0. The monoisotopic (exact) mass is 474 g/mol. The number of nitrogens with two attached hydrogens (primary N) is 3. The van der Waals surface area contributed by atoms with E-state index in [1.165, 1.54) is 6.92 Å². The molecule has 190 valence electrons. The zero-order valence-corrected chi connectivity index (χ0v) is 19.4. The number of aliphatic hydroxyl groups excluding tert-OH is 1. The second kappa shape index (κ2) is 15.1. The largest absolute Gasteiger partial charge is 0.480 e. The van der Waals surface area contributed by atoms with Crippen LogP contribution in [0, 0.1) is 5.92 Å². The average Bonchev–Trinajstić information content (AvgIpc) is 2.72. The Hall–Kier alpha value is -2.77. The molecule has 0 aliphatic carbocycles. The highest BCUT2D eigenvalue weighted by molar-refractivity contribution is 5.94. The molecule has 0 aromatic heterocycles. The molecule has 4 amide bonds. The molecular formula is C20H38N6O7. The second-order valence-electron chi connectivity index (χ2n) is 8.25. The third-order valence-electron chi connectivity index (χ3n) is 4.91. The maximum absolute atomic E-state index is 12.9. The zero-order chi connectivity index (χ0) is 25.7. The van der Waals surface area contributed by atoms with E-state index in [0.29, 0.717) is 19.4 Å². The molecule has 0 rings (SSSR count). The lowest BCUT2D eigenvalue weighted by molar-refractivity contribution is -0.144. The molecule has 0 saturated heterocycles. The Kier molecular flexibility index (Phi) is 13.9. The molecule has 0 aliphatic heterocycles. The normalized spacial score (nSPS) is 15.6. The maximum atomic E-state index is 12.9. The van der Waals surface area contributed by atoms with Crippen molar-refractivity contribution in [2.45, 2.75) is 83.1 Å². The van der Waals surface area contributed by atoms with Crippen molar-refractivity contribution in [1.29, 1.82) is 0 Å². The Balaban J connectivity index is 5.40. The van der Waals surface area contributed by atoms with Crippen molar-refractivity contribution in [1.82, 2.24) is 16.0 Å². The Morgan fingerprint density at radius 2 is 1.42 bits per heavy atom. The van der Waals surface area contributed by atoms with E-state index in [2.05, 4.69) is 16.0 Å². The van der Waals surface area contributed by atoms with E-state index in [1.807, 2.05) is 0 Å². The molecule has 0 bridgehead atoms. The van der Waals surface area contributed by atoms with Crippen LogP contribution in [0.15, 0.2) is 0 Å². The van der Waals surface area contributed by atoms with Gasteiger partial charge in [0.2, 0.25) is 23.6 Å². The van der Waals surface area contributed by atoms with Gasteiger partial charge in [-0.1, -0.05) is 13.8 Å². The molecule has 0 aliphatic rings. The number of hydrogen-bond acceptors (Lipinski definition) is 8. The van der Waals surface area contributed by atoms with Crippen LogP contribution < -0.4 is 33.2 Å². The summed E-state index contributed by atoms with van der Waals surface area (Å²) < 4.78 is 0. The molecule has 0 saturated carbocycles. The van der Waals surface area contributed by atoms with Crippen LogP contribution in [0.2, 0.25) is 0 Å². The van der Waals surface area contributed by atoms with Crippen molar-refractivity contribution >= 4 is 29.6 Å². The average molecular weight is 475 g/mol. The van der Waals surface area contributed by atoms with Crippen molar-refractivity contribution in [3.8, 4) is 0 Å². The Morgan fingerprint density at radius 1 is 0.848 bits per heavy atom. The first kappa shape index (κ1) is 30.2. The van der Waals surface area contributed by atoms with Gasteiger partial charge < -0.3 is 43.4 Å². The van der Waals surface area contributed by atoms with Crippen LogP contribution in [-0.2, 0) is 24.0 Å². The molecule has 5 atom stereocenters. The Labute approximate surface area is 193 Å². The van der Waals surface area contributed by atoms with Gasteiger partial charge >= 0.3 is 5.97 Å². The van der Waals surface area contributed by atoms with Crippen molar-refractivity contribution in [3.05, 3.63) is 0 Å². The number of carboxylic acids is 1. The fraction of sp³-hybridized carbons (Fsp3) is 0.750. The van der Waals surface area contributed by atoms with Gasteiger partial charge in [-0.05, 0) is 45.1 Å². The summed E-state index contributed by atoms with van der Waals surface area (Å²) in [7, 11) is 0. The quantitative estimate of drug-likeness (QED) is 0.108. The number of aliphatic carboxylic acids is 1. The van der Waals surface area contributed by atoms with Crippen molar-refractivity contribution in [3.63, 3.8) is 0 Å². The highest BCUT2D eigenvalue weighted by Gasteiger charge is 2.33. The van der Waals surface area contributed by atoms with Gasteiger partial charge in [0.25, 0.3) is 0 Å². The number of carboxylic acid groups (broad SMARTS) is 1. The highest BCUT2D eigenvalue weighted by atomic mass is 16.4. The lowest BCUT2D eigenvalue weighted by Crippen LogP contribution is -2.60. The summed E-state index contributed by atoms with van der Waals surface area (Å²) in [5.41, 5.74) is 16.3. The lowest BCUT2D eigenvalue weighted by atomic mass is 10.0. The molecule has 0 fully saturated rings. The highest BCUT2D eigenvalue weighted by Crippen LogP contribution is 2.07. The number of amides is 4. The Bertz CT molecular complexity index is 686. The SMILES string of the molecule is CC(C)C(NC(=O)C(NC(=O)C(CCCCN)NC(=O)C(N)CCC(N)=O)C(C)O)C(=O)O. The smallest absolute Gasteiger partial charge is 0.326 e. The predicted molar refractivity (Wildman–Crippen MR) is 119 cm³/mol. The van der Waals surface area contributed by atoms with E-state index in [4.69, 9.17) is 17.2 Å². The molecule has 0 spiro atoms. The van der Waals surface area contributed by atoms with Crippen LogP contribution >= 0.6 is 0 Å². The van der Waals surface area contributed by atoms with E-state index >= 15 is 0 Å². The second-order valence-corrected chi connectivity index (χ2v) is 8.25. The van der Waals surface area contributed by atoms with Gasteiger partial charge in [-0.3, -0.25) is 19.2 Å². The van der Waals surface area contributed by atoms with Gasteiger partial charge in [0, 0.05) is 6.42 Å². The molecule has 13 nitrogen and oxygen atoms in total. The minimum atomic E-state index is -1.46. The van der Waals surface area contributed by atoms with E-state index in [1.54, 1.807) is 13.8 Å². The maximum Gasteiger partial charge on any atom is 0.326 e. The van der Waals surface area contributed by atoms with Crippen LogP contribution in [0.5, 0.6) is 0 Å². The van der Waals surface area contributed by atoms with Gasteiger partial charge in [0.1, 0.15) is 18.1 Å². The summed E-state index contributed by atoms with van der Waals surface area (Å²) in [6.45, 7) is 4.82. The van der Waals surface area contributed by atoms with E-state index < -0.39 is 65.8 Å². The van der Waals surface area contributed by atoms with Gasteiger partial charge in [-0.15, -0.1) is 0 Å². The van der Waals surface area contributed by atoms with Gasteiger partial charge in [-0.2, -0.15) is 0 Å². The standard InChI is InChI=1S/C20H38N6O7/c1-10(2)15(20(32)33)25-19(31)16(11(3)27)26-18(30)13(6-4-5-9-21)24-17(29)12(22)7-8-14(23)28/h10-13,15-16,27H,4-9,21-22H2,1-3H3,(H2,23,28)(H,24,29)(H,25,31)(H,26,30)(H,32,33). The number of carbonyl (C=O) groups excluding carboxylic acids is 4. The first-order chi connectivity index (χ1) is 15.3. The van der Waals surface area contributed by atoms with Crippen LogP contribution in [-0.4, -0.2) is 76.6 Å². The molecule has 13 heteroatoms. The first-order valence-electron chi connectivity index (χ1n) is 10.9. The van der Waals surface area contributed by atoms with Crippen LogP contribution in [0.25, 0.3) is 0 Å². The number of primary amides is 1. The third kappa shape index (κ3) is 11.6. The summed E-state index contributed by atoms with van der Waals surface area (Å²) in [6.07, 6.45) is -0.247. The molecule has 11 N–H and O–H groups in total. The van der Waals surface area contributed by atoms with E-state index in [0.717, 1.165) is 0 Å². The minimum absolute atomic E-state index is 0.0111. The zero-order valence-electron chi connectivity index (χ0n) is 19.4. The topological polar surface area (TPSA) is 240 Å². The lowest BCUT2D eigenvalue weighted by Gasteiger charge is -2.27. The molecule has 0 aromatic carbocycles. The van der Waals surface area contributed by atoms with Crippen LogP contribution in [0.3, 0.4) is 0 Å². The van der Waals surface area contributed by atoms with E-state index in [-0.39, 0.29) is 19.3 Å². The molecular weight excluding hydrogens is 436 g/mol. The van der Waals surface area contributed by atoms with Gasteiger partial charge in [0.15, 0.2) is 0 Å². The molecule has 0 heterocycles. The van der Waals surface area contributed by atoms with Crippen molar-refractivity contribution < 1.29 is 34.2 Å². The molecule has 5 unspecified atom stereocenters. The number of hydrogen-bond donors (Lipinski definition) is 8. The minimum Gasteiger partial charge on any atom is -0.480 e. The van der Waals surface area contributed by atoms with Crippen molar-refractivity contribution in [2.24, 2.45) is 23.1 Å². The fourth-order valence-electron chi connectivity index (χ4n) is 2.88. The predicted octanol–water partition coefficient (Wildman–Crippen LogP) is -2.72. The fourth-order valence-corrected chi connectivity index (χ4v) is 2.88. The number of nitrogens with one attached hydrogen (secondary N) is 3. The summed E-state index contributed by atoms with van der Waals surface area (Å²) in [5, 5.41) is 26.4. The van der Waals surface area contributed by atoms with Crippen LogP contribution in [0.4, 0.5) is 0 Å². The molecule has 0 radical (unpaired) electrons. The van der Waals surface area contributed by atoms with E-state index in [9.17, 15) is 34.2 Å². The number of aliphatic hydroxyl groups is 1.